The second-order valence-corrected chi connectivity index (χ2v) is 9.79. The number of carbonyl (C=O) groups is 2. The summed E-state index contributed by atoms with van der Waals surface area (Å²) in [7, 11) is 3.42. The molecule has 188 valence electrons. The first-order chi connectivity index (χ1) is 16.8. The van der Waals surface area contributed by atoms with Crippen molar-refractivity contribution in [2.45, 2.75) is 45.3 Å². The number of aliphatic hydroxyl groups excluding tert-OH is 1. The third kappa shape index (κ3) is 4.41. The highest BCUT2D eigenvalue weighted by Gasteiger charge is 2.55. The molecule has 1 aromatic carbocycles. The molecule has 0 spiro atoms. The Balaban J connectivity index is 1.68. The Morgan fingerprint density at radius 3 is 2.40 bits per heavy atom. The summed E-state index contributed by atoms with van der Waals surface area (Å²) in [4.78, 5) is 42.5. The van der Waals surface area contributed by atoms with Gasteiger partial charge in [-0.15, -0.1) is 0 Å². The number of hydrogen-bond donors (Lipinski definition) is 2. The van der Waals surface area contributed by atoms with Crippen LogP contribution in [-0.2, 0) is 11.3 Å². The predicted molar refractivity (Wildman–Crippen MR) is 135 cm³/mol. The van der Waals surface area contributed by atoms with Crippen LogP contribution in [0.15, 0.2) is 41.2 Å². The number of hydrogen-bond acceptors (Lipinski definition) is 5. The fraction of sp³-hybridized carbons (Fsp3) is 0.519. The van der Waals surface area contributed by atoms with Crippen molar-refractivity contribution in [1.29, 1.82) is 0 Å². The van der Waals surface area contributed by atoms with Gasteiger partial charge in [-0.3, -0.25) is 19.3 Å². The number of nitrogens with one attached hydrogen (secondary N) is 1. The van der Waals surface area contributed by atoms with Crippen molar-refractivity contribution < 1.29 is 14.7 Å². The number of carbonyl (C=O) groups excluding carboxylic acids is 2. The van der Waals surface area contributed by atoms with Crippen LogP contribution in [0.3, 0.4) is 0 Å². The number of pyridine rings is 1. The predicted octanol–water partition coefficient (Wildman–Crippen LogP) is 2.12. The fourth-order valence-corrected chi connectivity index (χ4v) is 5.75. The molecule has 0 aliphatic carbocycles. The Morgan fingerprint density at radius 1 is 1.09 bits per heavy atom. The minimum absolute atomic E-state index is 0.00744. The van der Waals surface area contributed by atoms with E-state index in [1.54, 1.807) is 26.2 Å². The average molecular weight is 481 g/mol. The Labute approximate surface area is 206 Å². The van der Waals surface area contributed by atoms with Gasteiger partial charge in [0.25, 0.3) is 11.5 Å². The molecule has 1 aromatic heterocycles. The van der Waals surface area contributed by atoms with Gasteiger partial charge >= 0.3 is 0 Å². The zero-order valence-corrected chi connectivity index (χ0v) is 21.0. The molecule has 2 aromatic rings. The lowest BCUT2D eigenvalue weighted by Crippen LogP contribution is -2.48. The topological polar surface area (TPSA) is 94.9 Å². The summed E-state index contributed by atoms with van der Waals surface area (Å²) in [5.41, 5.74) is 2.74. The summed E-state index contributed by atoms with van der Waals surface area (Å²) in [5.74, 6) is -0.361. The molecule has 8 nitrogen and oxygen atoms in total. The second-order valence-electron chi connectivity index (χ2n) is 9.79. The van der Waals surface area contributed by atoms with Gasteiger partial charge in [-0.25, -0.2) is 0 Å². The molecule has 2 aliphatic heterocycles. The number of rotatable bonds is 8. The molecule has 4 rings (SSSR count). The van der Waals surface area contributed by atoms with E-state index in [1.807, 2.05) is 35.8 Å². The van der Waals surface area contributed by atoms with Crippen LogP contribution in [0.1, 0.15) is 48.8 Å². The number of benzene rings is 1. The van der Waals surface area contributed by atoms with E-state index in [-0.39, 0.29) is 41.9 Å². The molecule has 0 radical (unpaired) electrons. The van der Waals surface area contributed by atoms with Gasteiger partial charge in [-0.05, 0) is 49.2 Å². The molecule has 35 heavy (non-hydrogen) atoms. The first-order valence-electron chi connectivity index (χ1n) is 12.5. The van der Waals surface area contributed by atoms with Crippen LogP contribution in [0.2, 0.25) is 0 Å². The smallest absolute Gasteiger partial charge is 0.258 e. The van der Waals surface area contributed by atoms with Crippen molar-refractivity contribution in [3.8, 4) is 11.1 Å². The van der Waals surface area contributed by atoms with Crippen LogP contribution in [-0.4, -0.2) is 71.1 Å². The number of nitrogens with zero attached hydrogens (tertiary/aromatic N) is 3. The largest absolute Gasteiger partial charge is 0.396 e. The molecule has 8 heteroatoms. The van der Waals surface area contributed by atoms with Crippen molar-refractivity contribution in [3.05, 3.63) is 58.0 Å². The maximum Gasteiger partial charge on any atom is 0.258 e. The van der Waals surface area contributed by atoms with Gasteiger partial charge < -0.3 is 19.9 Å². The number of amides is 2. The maximum atomic E-state index is 13.6. The van der Waals surface area contributed by atoms with Crippen LogP contribution < -0.4 is 10.9 Å². The molecule has 2 N–H and O–H groups in total. The lowest BCUT2D eigenvalue weighted by molar-refractivity contribution is -0.127. The summed E-state index contributed by atoms with van der Waals surface area (Å²) in [6, 6.07) is 10.5. The number of likely N-dealkylation sites (tertiary alicyclic amines) is 1. The van der Waals surface area contributed by atoms with Crippen molar-refractivity contribution in [2.75, 3.05) is 33.8 Å². The van der Waals surface area contributed by atoms with Crippen molar-refractivity contribution in [3.63, 3.8) is 0 Å². The normalized spacial score (nSPS) is 23.1. The van der Waals surface area contributed by atoms with Crippen LogP contribution in [0, 0.1) is 11.8 Å². The van der Waals surface area contributed by atoms with Gasteiger partial charge in [-0.1, -0.05) is 26.0 Å². The minimum atomic E-state index is -0.396. The van der Waals surface area contributed by atoms with Crippen LogP contribution in [0.4, 0.5) is 0 Å². The zero-order chi connectivity index (χ0) is 25.3. The summed E-state index contributed by atoms with van der Waals surface area (Å²) in [6.07, 6.45) is 1.73. The van der Waals surface area contributed by atoms with E-state index in [4.69, 9.17) is 0 Å². The van der Waals surface area contributed by atoms with Gasteiger partial charge in [0.2, 0.25) is 5.91 Å². The number of fused-ring (bicyclic) bond motifs is 3. The third-order valence-corrected chi connectivity index (χ3v) is 7.34. The van der Waals surface area contributed by atoms with Crippen LogP contribution in [0.5, 0.6) is 0 Å². The standard InChI is InChI=1S/C27H36N4O4/c1-5-13-28-25(33)24-21(16-32)20-15-31-22(23(20)30(24)14-6-2)12-11-19(27(31)35)17-7-9-18(10-8-17)26(34)29(3)4/h7-12,20-21,23-24,32H,5-6,13-16H2,1-4H3,(H,28,33)/t20-,21-,23+,24-/m0/s1. The Bertz CT molecular complexity index is 1140. The highest BCUT2D eigenvalue weighted by Crippen LogP contribution is 2.49. The molecule has 1 fully saturated rings. The first kappa shape index (κ1) is 25.1. The first-order valence-corrected chi connectivity index (χ1v) is 12.5. The molecular weight excluding hydrogens is 444 g/mol. The molecule has 2 aliphatic rings. The van der Waals surface area contributed by atoms with Gasteiger partial charge in [0.05, 0.1) is 12.1 Å². The van der Waals surface area contributed by atoms with Gasteiger partial charge in [0.1, 0.15) is 0 Å². The van der Waals surface area contributed by atoms with Crippen molar-refractivity contribution >= 4 is 11.8 Å². The Kier molecular flexibility index (Phi) is 7.42. The molecule has 0 unspecified atom stereocenters. The number of aromatic nitrogens is 1. The van der Waals surface area contributed by atoms with E-state index in [0.29, 0.717) is 24.2 Å². The van der Waals surface area contributed by atoms with Crippen LogP contribution >= 0.6 is 0 Å². The van der Waals surface area contributed by atoms with E-state index in [1.165, 1.54) is 4.90 Å². The SMILES string of the molecule is CCCNC(=O)[C@@H]1[C@@H](CO)[C@@H]2Cn3c(ccc(-c4ccc(C(=O)N(C)C)cc4)c3=O)[C@@H]2N1CCC. The minimum Gasteiger partial charge on any atom is -0.396 e. The molecule has 0 saturated carbocycles. The molecule has 0 bridgehead atoms. The molecule has 1 saturated heterocycles. The summed E-state index contributed by atoms with van der Waals surface area (Å²) >= 11 is 0. The van der Waals surface area contributed by atoms with E-state index in [9.17, 15) is 19.5 Å². The Morgan fingerprint density at radius 2 is 1.80 bits per heavy atom. The summed E-state index contributed by atoms with van der Waals surface area (Å²) < 4.78 is 1.81. The van der Waals surface area contributed by atoms with Gasteiger partial charge in [0, 0.05) is 62.4 Å². The summed E-state index contributed by atoms with van der Waals surface area (Å²) in [5, 5.41) is 13.3. The molecule has 2 amide bonds. The monoisotopic (exact) mass is 480 g/mol. The van der Waals surface area contributed by atoms with Crippen molar-refractivity contribution in [1.82, 2.24) is 19.7 Å². The second kappa shape index (κ2) is 10.3. The zero-order valence-electron chi connectivity index (χ0n) is 21.0. The Hall–Kier alpha value is -2.97. The lowest BCUT2D eigenvalue weighted by atomic mass is 9.88. The van der Waals surface area contributed by atoms with Gasteiger partial charge in [-0.2, -0.15) is 0 Å². The van der Waals surface area contributed by atoms with Crippen LogP contribution in [0.25, 0.3) is 11.1 Å². The molecule has 3 heterocycles. The lowest BCUT2D eigenvalue weighted by Gasteiger charge is -2.30. The highest BCUT2D eigenvalue weighted by molar-refractivity contribution is 5.94. The quantitative estimate of drug-likeness (QED) is 0.604. The average Bonchev–Trinajstić information content (AvgIpc) is 3.38. The third-order valence-electron chi connectivity index (χ3n) is 7.34. The van der Waals surface area contributed by atoms with E-state index in [0.717, 1.165) is 30.6 Å². The molecule has 4 atom stereocenters. The van der Waals surface area contributed by atoms with E-state index in [2.05, 4.69) is 17.1 Å². The maximum absolute atomic E-state index is 13.6. The van der Waals surface area contributed by atoms with E-state index >= 15 is 0 Å². The summed E-state index contributed by atoms with van der Waals surface area (Å²) in [6.45, 7) is 5.82. The highest BCUT2D eigenvalue weighted by atomic mass is 16.3. The van der Waals surface area contributed by atoms with E-state index < -0.39 is 6.04 Å². The molecular formula is C27H36N4O4. The number of aliphatic hydroxyl groups is 1. The van der Waals surface area contributed by atoms with Gasteiger partial charge in [0.15, 0.2) is 0 Å². The fourth-order valence-electron chi connectivity index (χ4n) is 5.75. The van der Waals surface area contributed by atoms with Crippen molar-refractivity contribution in [2.24, 2.45) is 11.8 Å².